The van der Waals surface area contributed by atoms with Crippen molar-refractivity contribution in [1.82, 2.24) is 16.2 Å². The van der Waals surface area contributed by atoms with Crippen molar-refractivity contribution in [2.75, 3.05) is 6.54 Å². The lowest BCUT2D eigenvalue weighted by atomic mass is 9.83. The average molecular weight is 271 g/mol. The molecular weight excluding hydrogens is 250 g/mol. The lowest BCUT2D eigenvalue weighted by Crippen LogP contribution is -2.43. The fraction of sp³-hybridized carbons (Fsp3) is 0.438. The second kappa shape index (κ2) is 6.20. The number of hydrogen-bond acceptors (Lipinski definition) is 3. The first-order chi connectivity index (χ1) is 9.81. The Labute approximate surface area is 119 Å². The molecule has 1 aromatic rings. The zero-order chi connectivity index (χ0) is 13.8. The van der Waals surface area contributed by atoms with Gasteiger partial charge >= 0.3 is 0 Å². The van der Waals surface area contributed by atoms with Crippen LogP contribution in [0, 0.1) is 5.92 Å². The van der Waals surface area contributed by atoms with E-state index in [0.717, 1.165) is 31.4 Å². The molecule has 0 spiro atoms. The minimum absolute atomic E-state index is 0.0104. The van der Waals surface area contributed by atoms with Gasteiger partial charge in [-0.1, -0.05) is 30.3 Å². The molecule has 1 aliphatic heterocycles. The van der Waals surface area contributed by atoms with E-state index in [1.165, 1.54) is 0 Å². The highest BCUT2D eigenvalue weighted by molar-refractivity contribution is 5.91. The summed E-state index contributed by atoms with van der Waals surface area (Å²) >= 11 is 0. The molecular formula is C16H21N3O. The van der Waals surface area contributed by atoms with Gasteiger partial charge in [0.25, 0.3) is 0 Å². The molecule has 1 aliphatic carbocycles. The average Bonchev–Trinajstić information content (AvgIpc) is 2.94. The molecule has 2 aliphatic rings. The molecule has 4 heteroatoms. The molecule has 0 bridgehead atoms. The third-order valence-corrected chi connectivity index (χ3v) is 4.21. The molecule has 2 fully saturated rings. The summed E-state index contributed by atoms with van der Waals surface area (Å²) in [5, 5.41) is 3.12. The summed E-state index contributed by atoms with van der Waals surface area (Å²) in [6.45, 7) is 1.01. The maximum atomic E-state index is 11.9. The summed E-state index contributed by atoms with van der Waals surface area (Å²) in [6.07, 6.45) is 6.74. The predicted octanol–water partition coefficient (Wildman–Crippen LogP) is 1.46. The number of benzene rings is 1. The van der Waals surface area contributed by atoms with Crippen LogP contribution in [0.4, 0.5) is 0 Å². The van der Waals surface area contributed by atoms with E-state index in [1.54, 1.807) is 6.08 Å². The van der Waals surface area contributed by atoms with E-state index in [0.29, 0.717) is 18.0 Å². The Morgan fingerprint density at radius 3 is 2.95 bits per heavy atom. The minimum Gasteiger partial charge on any atom is -0.350 e. The van der Waals surface area contributed by atoms with E-state index in [1.807, 2.05) is 36.4 Å². The van der Waals surface area contributed by atoms with Crippen LogP contribution in [0.25, 0.3) is 6.08 Å². The summed E-state index contributed by atoms with van der Waals surface area (Å²) in [6, 6.07) is 10.8. The number of carbonyl (C=O) groups is 1. The van der Waals surface area contributed by atoms with Crippen molar-refractivity contribution in [2.24, 2.45) is 5.92 Å². The van der Waals surface area contributed by atoms with Crippen LogP contribution < -0.4 is 16.2 Å². The molecule has 0 aromatic heterocycles. The van der Waals surface area contributed by atoms with E-state index in [-0.39, 0.29) is 5.91 Å². The van der Waals surface area contributed by atoms with Gasteiger partial charge in [0.2, 0.25) is 5.91 Å². The SMILES string of the molecule is O=C(/C=C/c1ccccc1)NC1CCC2NNCC2C1. The van der Waals surface area contributed by atoms with Gasteiger partial charge in [-0.25, -0.2) is 0 Å². The fourth-order valence-electron chi connectivity index (χ4n) is 3.12. The molecule has 20 heavy (non-hydrogen) atoms. The van der Waals surface area contributed by atoms with Crippen molar-refractivity contribution in [3.63, 3.8) is 0 Å². The summed E-state index contributed by atoms with van der Waals surface area (Å²) in [7, 11) is 0. The maximum absolute atomic E-state index is 11.9. The van der Waals surface area contributed by atoms with Crippen molar-refractivity contribution < 1.29 is 4.79 Å². The number of fused-ring (bicyclic) bond motifs is 1. The van der Waals surface area contributed by atoms with Crippen molar-refractivity contribution >= 4 is 12.0 Å². The lowest BCUT2D eigenvalue weighted by molar-refractivity contribution is -0.117. The number of hydrogen-bond donors (Lipinski definition) is 3. The molecule has 1 saturated carbocycles. The molecule has 106 valence electrons. The number of rotatable bonds is 3. The first kappa shape index (κ1) is 13.3. The van der Waals surface area contributed by atoms with Gasteiger partial charge in [0, 0.05) is 24.7 Å². The van der Waals surface area contributed by atoms with Crippen LogP contribution in [0.1, 0.15) is 24.8 Å². The van der Waals surface area contributed by atoms with Gasteiger partial charge in [0.15, 0.2) is 0 Å². The van der Waals surface area contributed by atoms with E-state index in [4.69, 9.17) is 0 Å². The number of carbonyl (C=O) groups excluding carboxylic acids is 1. The molecule has 3 rings (SSSR count). The normalized spacial score (nSPS) is 29.3. The summed E-state index contributed by atoms with van der Waals surface area (Å²) in [5.74, 6) is 0.656. The number of amides is 1. The van der Waals surface area contributed by atoms with E-state index in [9.17, 15) is 4.79 Å². The van der Waals surface area contributed by atoms with E-state index >= 15 is 0 Å². The molecule has 1 heterocycles. The highest BCUT2D eigenvalue weighted by Gasteiger charge is 2.33. The zero-order valence-corrected chi connectivity index (χ0v) is 11.5. The monoisotopic (exact) mass is 271 g/mol. The van der Waals surface area contributed by atoms with Gasteiger partial charge in [0.05, 0.1) is 0 Å². The molecule has 3 N–H and O–H groups in total. The topological polar surface area (TPSA) is 53.2 Å². The van der Waals surface area contributed by atoms with Gasteiger partial charge in [-0.05, 0) is 36.8 Å². The highest BCUT2D eigenvalue weighted by Crippen LogP contribution is 2.26. The summed E-state index contributed by atoms with van der Waals surface area (Å²) < 4.78 is 0. The standard InChI is InChI=1S/C16H21N3O/c20-16(9-6-12-4-2-1-3-5-12)18-14-7-8-15-13(10-14)11-17-19-15/h1-6,9,13-15,17,19H,7-8,10-11H2,(H,18,20)/b9-6+. The van der Waals surface area contributed by atoms with Gasteiger partial charge in [-0.2, -0.15) is 0 Å². The molecule has 1 saturated heterocycles. The Hall–Kier alpha value is -1.65. The smallest absolute Gasteiger partial charge is 0.244 e. The second-order valence-corrected chi connectivity index (χ2v) is 5.65. The van der Waals surface area contributed by atoms with E-state index in [2.05, 4.69) is 16.2 Å². The molecule has 3 atom stereocenters. The summed E-state index contributed by atoms with van der Waals surface area (Å²) in [5.41, 5.74) is 7.56. The Kier molecular flexibility index (Phi) is 4.14. The van der Waals surface area contributed by atoms with Crippen molar-refractivity contribution in [3.05, 3.63) is 42.0 Å². The highest BCUT2D eigenvalue weighted by atomic mass is 16.1. The summed E-state index contributed by atoms with van der Waals surface area (Å²) in [4.78, 5) is 11.9. The minimum atomic E-state index is 0.0104. The number of nitrogens with one attached hydrogen (secondary N) is 3. The molecule has 4 nitrogen and oxygen atoms in total. The third-order valence-electron chi connectivity index (χ3n) is 4.21. The van der Waals surface area contributed by atoms with Crippen LogP contribution in [0.3, 0.4) is 0 Å². The quantitative estimate of drug-likeness (QED) is 0.730. The third kappa shape index (κ3) is 3.26. The Morgan fingerprint density at radius 1 is 1.25 bits per heavy atom. The van der Waals surface area contributed by atoms with Crippen LogP contribution in [0.5, 0.6) is 0 Å². The Bertz CT molecular complexity index is 486. The van der Waals surface area contributed by atoms with Crippen molar-refractivity contribution in [2.45, 2.75) is 31.3 Å². The Balaban J connectivity index is 1.50. The van der Waals surface area contributed by atoms with Crippen LogP contribution in [0.2, 0.25) is 0 Å². The first-order valence-electron chi connectivity index (χ1n) is 7.33. The van der Waals surface area contributed by atoms with Gasteiger partial charge < -0.3 is 5.32 Å². The zero-order valence-electron chi connectivity index (χ0n) is 11.5. The lowest BCUT2D eigenvalue weighted by Gasteiger charge is -2.30. The number of hydrazine groups is 1. The first-order valence-corrected chi connectivity index (χ1v) is 7.33. The largest absolute Gasteiger partial charge is 0.350 e. The molecule has 1 amide bonds. The molecule has 0 radical (unpaired) electrons. The van der Waals surface area contributed by atoms with Crippen LogP contribution in [-0.2, 0) is 4.79 Å². The van der Waals surface area contributed by atoms with Gasteiger partial charge in [-0.15, -0.1) is 0 Å². The van der Waals surface area contributed by atoms with Crippen LogP contribution in [-0.4, -0.2) is 24.5 Å². The molecule has 1 aromatic carbocycles. The van der Waals surface area contributed by atoms with Crippen LogP contribution in [0.15, 0.2) is 36.4 Å². The van der Waals surface area contributed by atoms with Crippen LogP contribution >= 0.6 is 0 Å². The van der Waals surface area contributed by atoms with E-state index < -0.39 is 0 Å². The fourth-order valence-corrected chi connectivity index (χ4v) is 3.12. The van der Waals surface area contributed by atoms with Gasteiger partial charge in [0.1, 0.15) is 0 Å². The maximum Gasteiger partial charge on any atom is 0.244 e. The van der Waals surface area contributed by atoms with Crippen molar-refractivity contribution in [3.8, 4) is 0 Å². The van der Waals surface area contributed by atoms with Gasteiger partial charge in [-0.3, -0.25) is 15.6 Å². The molecule has 3 unspecified atom stereocenters. The second-order valence-electron chi connectivity index (χ2n) is 5.65. The Morgan fingerprint density at radius 2 is 2.10 bits per heavy atom. The van der Waals surface area contributed by atoms with Crippen molar-refractivity contribution in [1.29, 1.82) is 0 Å². The predicted molar refractivity (Wildman–Crippen MR) is 79.7 cm³/mol.